The number of benzene rings is 2. The lowest BCUT2D eigenvalue weighted by Gasteiger charge is -2.27. The molecule has 26 heavy (non-hydrogen) atoms. The zero-order valence-electron chi connectivity index (χ0n) is 15.1. The maximum absolute atomic E-state index is 13.1. The first-order valence-corrected chi connectivity index (χ1v) is 8.89. The van der Waals surface area contributed by atoms with Crippen LogP contribution < -0.4 is 10.0 Å². The molecule has 0 aromatic heterocycles. The Balaban J connectivity index is 1.90. The maximum atomic E-state index is 13.1. The normalized spacial score (nSPS) is 15.8. The average Bonchev–Trinajstić information content (AvgIpc) is 2.87. The topological polar surface area (TPSA) is 60.9 Å². The van der Waals surface area contributed by atoms with Gasteiger partial charge in [0.2, 0.25) is 0 Å². The number of carbonyl (C=O) groups excluding carboxylic acids is 2. The first kappa shape index (κ1) is 18.1. The lowest BCUT2D eigenvalue weighted by atomic mass is 9.95. The number of hydrogen-bond acceptors (Lipinski definition) is 3. The summed E-state index contributed by atoms with van der Waals surface area (Å²) in [7, 11) is 0. The Morgan fingerprint density at radius 3 is 1.65 bits per heavy atom. The van der Waals surface area contributed by atoms with E-state index in [9.17, 15) is 14.7 Å². The zero-order chi connectivity index (χ0) is 18.7. The molecule has 2 aromatic rings. The average molecular weight is 352 g/mol. The summed E-state index contributed by atoms with van der Waals surface area (Å²) in [6, 6.07) is 18.4. The SMILES string of the molecule is CC(C)(O)CCCC1C(=O)N(c2ccccc2)N(c2ccccc2)C1=O. The number of nitrogens with zero attached hydrogens (tertiary/aromatic N) is 2. The highest BCUT2D eigenvalue weighted by Gasteiger charge is 2.46. The molecular formula is C21H24N2O3. The molecular weight excluding hydrogens is 328 g/mol. The van der Waals surface area contributed by atoms with Gasteiger partial charge in [0.15, 0.2) is 0 Å². The fourth-order valence-corrected chi connectivity index (χ4v) is 3.21. The molecule has 0 radical (unpaired) electrons. The molecule has 5 nitrogen and oxygen atoms in total. The first-order chi connectivity index (χ1) is 12.4. The van der Waals surface area contributed by atoms with E-state index in [4.69, 9.17) is 0 Å². The monoisotopic (exact) mass is 352 g/mol. The van der Waals surface area contributed by atoms with Crippen molar-refractivity contribution in [3.8, 4) is 0 Å². The summed E-state index contributed by atoms with van der Waals surface area (Å²) < 4.78 is 0. The van der Waals surface area contributed by atoms with E-state index < -0.39 is 11.5 Å². The van der Waals surface area contributed by atoms with Crippen LogP contribution in [0.4, 0.5) is 11.4 Å². The van der Waals surface area contributed by atoms with E-state index in [1.54, 1.807) is 13.8 Å². The Bertz CT molecular complexity index is 711. The minimum atomic E-state index is -0.803. The van der Waals surface area contributed by atoms with E-state index in [1.165, 1.54) is 10.0 Å². The molecule has 1 heterocycles. The second-order valence-electron chi connectivity index (χ2n) is 7.23. The second-order valence-corrected chi connectivity index (χ2v) is 7.23. The van der Waals surface area contributed by atoms with Gasteiger partial charge in [0.25, 0.3) is 11.8 Å². The van der Waals surface area contributed by atoms with Crippen LogP contribution in [0.3, 0.4) is 0 Å². The van der Waals surface area contributed by atoms with Crippen LogP contribution in [0.25, 0.3) is 0 Å². The Kier molecular flexibility index (Phi) is 5.09. The molecule has 0 unspecified atom stereocenters. The predicted octanol–water partition coefficient (Wildman–Crippen LogP) is 3.54. The highest BCUT2D eigenvalue weighted by Crippen LogP contribution is 2.34. The Hall–Kier alpha value is -2.66. The van der Waals surface area contributed by atoms with Gasteiger partial charge in [-0.1, -0.05) is 36.4 Å². The van der Waals surface area contributed by atoms with Crippen molar-refractivity contribution in [3.63, 3.8) is 0 Å². The van der Waals surface area contributed by atoms with E-state index in [0.717, 1.165) is 0 Å². The molecule has 2 amide bonds. The minimum Gasteiger partial charge on any atom is -0.390 e. The largest absolute Gasteiger partial charge is 0.390 e. The van der Waals surface area contributed by atoms with Crippen LogP contribution in [0.5, 0.6) is 0 Å². The van der Waals surface area contributed by atoms with E-state index in [-0.39, 0.29) is 11.8 Å². The van der Waals surface area contributed by atoms with Crippen LogP contribution in [0.2, 0.25) is 0 Å². The van der Waals surface area contributed by atoms with Crippen molar-refractivity contribution in [2.75, 3.05) is 10.0 Å². The Morgan fingerprint density at radius 2 is 1.27 bits per heavy atom. The lowest BCUT2D eigenvalue weighted by Crippen LogP contribution is -2.41. The van der Waals surface area contributed by atoms with Gasteiger partial charge < -0.3 is 5.11 Å². The molecule has 1 fully saturated rings. The van der Waals surface area contributed by atoms with Gasteiger partial charge in [-0.15, -0.1) is 0 Å². The summed E-state index contributed by atoms with van der Waals surface area (Å²) in [5, 5.41) is 12.8. The summed E-state index contributed by atoms with van der Waals surface area (Å²) in [6.45, 7) is 3.47. The number of hydrazine groups is 1. The molecule has 1 saturated heterocycles. The van der Waals surface area contributed by atoms with E-state index in [2.05, 4.69) is 0 Å². The molecule has 0 saturated carbocycles. The van der Waals surface area contributed by atoms with E-state index in [0.29, 0.717) is 30.6 Å². The summed E-state index contributed by atoms with van der Waals surface area (Å²) in [5.74, 6) is -1.17. The molecule has 0 spiro atoms. The van der Waals surface area contributed by atoms with Gasteiger partial charge in [-0.2, -0.15) is 0 Å². The zero-order valence-corrected chi connectivity index (χ0v) is 15.1. The van der Waals surface area contributed by atoms with Gasteiger partial charge in [0, 0.05) is 0 Å². The summed E-state index contributed by atoms with van der Waals surface area (Å²) >= 11 is 0. The Labute approximate surface area is 153 Å². The molecule has 5 heteroatoms. The minimum absolute atomic E-state index is 0.221. The number of para-hydroxylation sites is 2. The fourth-order valence-electron chi connectivity index (χ4n) is 3.21. The summed E-state index contributed by atoms with van der Waals surface area (Å²) in [5.41, 5.74) is 0.530. The molecule has 0 aliphatic carbocycles. The third kappa shape index (κ3) is 3.78. The van der Waals surface area contributed by atoms with Crippen molar-refractivity contribution < 1.29 is 14.7 Å². The van der Waals surface area contributed by atoms with E-state index >= 15 is 0 Å². The molecule has 0 bridgehead atoms. The van der Waals surface area contributed by atoms with Gasteiger partial charge in [-0.05, 0) is 57.4 Å². The fraction of sp³-hybridized carbons (Fsp3) is 0.333. The predicted molar refractivity (Wildman–Crippen MR) is 101 cm³/mol. The van der Waals surface area contributed by atoms with Gasteiger partial charge in [-0.3, -0.25) is 9.59 Å². The number of hydrogen-bond donors (Lipinski definition) is 1. The standard InChI is InChI=1S/C21H24N2O3/c1-21(2,26)15-9-14-18-19(24)22(16-10-5-3-6-11-16)23(20(18)25)17-12-7-4-8-13-17/h3-8,10-13,18,26H,9,14-15H2,1-2H3. The third-order valence-corrected chi connectivity index (χ3v) is 4.50. The first-order valence-electron chi connectivity index (χ1n) is 8.89. The third-order valence-electron chi connectivity index (χ3n) is 4.50. The van der Waals surface area contributed by atoms with Gasteiger partial charge in [-0.25, -0.2) is 10.0 Å². The van der Waals surface area contributed by atoms with E-state index in [1.807, 2.05) is 60.7 Å². The van der Waals surface area contributed by atoms with Crippen LogP contribution in [-0.4, -0.2) is 22.5 Å². The number of rotatable bonds is 6. The molecule has 1 aliphatic heterocycles. The van der Waals surface area contributed by atoms with Crippen molar-refractivity contribution in [2.45, 2.75) is 38.7 Å². The van der Waals surface area contributed by atoms with Crippen molar-refractivity contribution in [1.82, 2.24) is 0 Å². The van der Waals surface area contributed by atoms with Gasteiger partial charge in [0.05, 0.1) is 17.0 Å². The molecule has 1 N–H and O–H groups in total. The smallest absolute Gasteiger partial charge is 0.258 e. The van der Waals surface area contributed by atoms with Crippen LogP contribution >= 0.6 is 0 Å². The highest BCUT2D eigenvalue weighted by molar-refractivity contribution is 6.22. The number of anilines is 2. The number of amides is 2. The second kappa shape index (κ2) is 7.30. The van der Waals surface area contributed by atoms with Gasteiger partial charge in [0.1, 0.15) is 5.92 Å². The molecule has 3 rings (SSSR count). The highest BCUT2D eigenvalue weighted by atomic mass is 16.3. The summed E-state index contributed by atoms with van der Waals surface area (Å²) in [6.07, 6.45) is 1.58. The number of carbonyl (C=O) groups is 2. The molecule has 2 aromatic carbocycles. The quantitative estimate of drug-likeness (QED) is 0.809. The van der Waals surface area contributed by atoms with Crippen molar-refractivity contribution in [3.05, 3.63) is 60.7 Å². The number of aliphatic hydroxyl groups is 1. The van der Waals surface area contributed by atoms with Crippen molar-refractivity contribution >= 4 is 23.2 Å². The maximum Gasteiger partial charge on any atom is 0.258 e. The molecule has 136 valence electrons. The van der Waals surface area contributed by atoms with Crippen LogP contribution in [-0.2, 0) is 9.59 Å². The van der Waals surface area contributed by atoms with Crippen molar-refractivity contribution in [1.29, 1.82) is 0 Å². The molecule has 1 aliphatic rings. The van der Waals surface area contributed by atoms with Crippen LogP contribution in [0.1, 0.15) is 33.1 Å². The van der Waals surface area contributed by atoms with Crippen molar-refractivity contribution in [2.24, 2.45) is 5.92 Å². The molecule has 0 atom stereocenters. The summed E-state index contributed by atoms with van der Waals surface area (Å²) in [4.78, 5) is 26.1. The van der Waals surface area contributed by atoms with Gasteiger partial charge >= 0.3 is 0 Å². The van der Waals surface area contributed by atoms with Crippen LogP contribution in [0.15, 0.2) is 60.7 Å². The lowest BCUT2D eigenvalue weighted by molar-refractivity contribution is -0.127. The Morgan fingerprint density at radius 1 is 0.846 bits per heavy atom. The van der Waals surface area contributed by atoms with Crippen LogP contribution in [0, 0.1) is 5.92 Å².